The van der Waals surface area contributed by atoms with E-state index in [0.29, 0.717) is 21.9 Å². The molecule has 5 heteroatoms. The third kappa shape index (κ3) is 3.42. The standard InChI is InChI=1S/C25H26Cl2N2O/c1-15-10-12-29(13-11-15)25(30)16-8-9-22-20(14-16)17-4-2-5-18(17)24(28-22)19-6-3-7-21(26)23(19)27/h2-4,6-9,14-15,17-18,24,28H,5,10-13H2,1H3. The van der Waals surface area contributed by atoms with Gasteiger partial charge in [-0.3, -0.25) is 4.79 Å². The van der Waals surface area contributed by atoms with Crippen LogP contribution in [0.5, 0.6) is 0 Å². The number of carbonyl (C=O) groups is 1. The Kier molecular flexibility index (Phi) is 5.28. The maximum absolute atomic E-state index is 13.1. The van der Waals surface area contributed by atoms with Crippen LogP contribution in [-0.4, -0.2) is 23.9 Å². The number of piperidine rings is 1. The minimum Gasteiger partial charge on any atom is -0.378 e. The Balaban J connectivity index is 1.47. The molecule has 5 rings (SSSR count). The molecule has 2 aromatic carbocycles. The van der Waals surface area contributed by atoms with Crippen LogP contribution in [0, 0.1) is 11.8 Å². The second-order valence-corrected chi connectivity index (χ2v) is 9.68. The van der Waals surface area contributed by atoms with Crippen molar-refractivity contribution in [2.24, 2.45) is 11.8 Å². The quantitative estimate of drug-likeness (QED) is 0.527. The molecule has 3 nitrogen and oxygen atoms in total. The lowest BCUT2D eigenvalue weighted by Gasteiger charge is -2.38. The van der Waals surface area contributed by atoms with Crippen molar-refractivity contribution in [1.29, 1.82) is 0 Å². The first kappa shape index (κ1) is 20.0. The molecule has 0 saturated carbocycles. The molecule has 1 fully saturated rings. The van der Waals surface area contributed by atoms with Gasteiger partial charge < -0.3 is 10.2 Å². The molecule has 1 amide bonds. The summed E-state index contributed by atoms with van der Waals surface area (Å²) in [6, 6.07) is 12.1. The monoisotopic (exact) mass is 440 g/mol. The lowest BCUT2D eigenvalue weighted by Crippen LogP contribution is -2.38. The molecule has 3 aliphatic rings. The van der Waals surface area contributed by atoms with Crippen molar-refractivity contribution in [2.45, 2.75) is 38.1 Å². The van der Waals surface area contributed by atoms with Gasteiger partial charge in [-0.15, -0.1) is 0 Å². The summed E-state index contributed by atoms with van der Waals surface area (Å²) < 4.78 is 0. The minimum atomic E-state index is 0.0915. The minimum absolute atomic E-state index is 0.0915. The van der Waals surface area contributed by atoms with Crippen LogP contribution in [0.1, 0.15) is 59.6 Å². The third-order valence-electron chi connectivity index (χ3n) is 7.00. The number of carbonyl (C=O) groups excluding carboxylic acids is 1. The lowest BCUT2D eigenvalue weighted by molar-refractivity contribution is 0.0697. The Bertz CT molecular complexity index is 1010. The predicted octanol–water partition coefficient (Wildman–Crippen LogP) is 6.69. The summed E-state index contributed by atoms with van der Waals surface area (Å²) in [6.45, 7) is 3.98. The molecular formula is C25H26Cl2N2O. The predicted molar refractivity (Wildman–Crippen MR) is 124 cm³/mol. The highest BCUT2D eigenvalue weighted by molar-refractivity contribution is 6.42. The largest absolute Gasteiger partial charge is 0.378 e. The molecule has 1 aliphatic carbocycles. The molecule has 2 aromatic rings. The fourth-order valence-corrected chi connectivity index (χ4v) is 5.62. The fraction of sp³-hybridized carbons (Fsp3) is 0.400. The van der Waals surface area contributed by atoms with Crippen molar-refractivity contribution in [3.8, 4) is 0 Å². The van der Waals surface area contributed by atoms with Gasteiger partial charge in [-0.25, -0.2) is 0 Å². The number of halogens is 2. The Hall–Kier alpha value is -1.97. The number of likely N-dealkylation sites (tertiary alicyclic amines) is 1. The molecule has 30 heavy (non-hydrogen) atoms. The van der Waals surface area contributed by atoms with E-state index >= 15 is 0 Å². The smallest absolute Gasteiger partial charge is 0.253 e. The Morgan fingerprint density at radius 3 is 2.70 bits per heavy atom. The molecule has 0 aromatic heterocycles. The lowest BCUT2D eigenvalue weighted by atomic mass is 9.76. The highest BCUT2D eigenvalue weighted by Crippen LogP contribution is 2.51. The highest BCUT2D eigenvalue weighted by atomic mass is 35.5. The van der Waals surface area contributed by atoms with E-state index in [0.717, 1.165) is 49.2 Å². The maximum Gasteiger partial charge on any atom is 0.253 e. The van der Waals surface area contributed by atoms with E-state index in [1.165, 1.54) is 5.56 Å². The summed E-state index contributed by atoms with van der Waals surface area (Å²) in [5.74, 6) is 1.50. The topological polar surface area (TPSA) is 32.3 Å². The van der Waals surface area contributed by atoms with Crippen LogP contribution in [0.3, 0.4) is 0 Å². The SMILES string of the molecule is CC1CCN(C(=O)c2ccc3c(c2)C2C=CCC2C(c2cccc(Cl)c2Cl)N3)CC1. The van der Waals surface area contributed by atoms with Gasteiger partial charge in [-0.2, -0.15) is 0 Å². The van der Waals surface area contributed by atoms with E-state index in [9.17, 15) is 4.79 Å². The van der Waals surface area contributed by atoms with E-state index in [1.807, 2.05) is 23.1 Å². The summed E-state index contributed by atoms with van der Waals surface area (Å²) in [7, 11) is 0. The summed E-state index contributed by atoms with van der Waals surface area (Å²) >= 11 is 12.9. The fourth-order valence-electron chi connectivity index (χ4n) is 5.19. The second kappa shape index (κ2) is 7.94. The second-order valence-electron chi connectivity index (χ2n) is 8.90. The first-order valence-corrected chi connectivity index (χ1v) is 11.6. The Morgan fingerprint density at radius 1 is 1.10 bits per heavy atom. The summed E-state index contributed by atoms with van der Waals surface area (Å²) in [5, 5.41) is 4.90. The molecule has 0 radical (unpaired) electrons. The number of fused-ring (bicyclic) bond motifs is 3. The van der Waals surface area contributed by atoms with Gasteiger partial charge >= 0.3 is 0 Å². The number of amides is 1. The average molecular weight is 441 g/mol. The van der Waals surface area contributed by atoms with E-state index in [1.54, 1.807) is 0 Å². The van der Waals surface area contributed by atoms with Crippen LogP contribution in [0.4, 0.5) is 5.69 Å². The number of nitrogens with one attached hydrogen (secondary N) is 1. The van der Waals surface area contributed by atoms with E-state index in [2.05, 4.69) is 42.6 Å². The number of anilines is 1. The molecule has 2 aliphatic heterocycles. The maximum atomic E-state index is 13.1. The van der Waals surface area contributed by atoms with Gasteiger partial charge in [0.2, 0.25) is 0 Å². The van der Waals surface area contributed by atoms with Gasteiger partial charge in [0.15, 0.2) is 0 Å². The number of allylic oxidation sites excluding steroid dienone is 2. The molecule has 156 valence electrons. The molecule has 0 spiro atoms. The van der Waals surface area contributed by atoms with Crippen LogP contribution in [-0.2, 0) is 0 Å². The van der Waals surface area contributed by atoms with Crippen molar-refractivity contribution >= 4 is 34.8 Å². The van der Waals surface area contributed by atoms with Crippen molar-refractivity contribution in [3.63, 3.8) is 0 Å². The van der Waals surface area contributed by atoms with Gasteiger partial charge in [0.05, 0.1) is 16.1 Å². The van der Waals surface area contributed by atoms with Gasteiger partial charge in [0.25, 0.3) is 5.91 Å². The summed E-state index contributed by atoms with van der Waals surface area (Å²) in [5.41, 5.74) is 4.12. The summed E-state index contributed by atoms with van der Waals surface area (Å²) in [4.78, 5) is 15.1. The Morgan fingerprint density at radius 2 is 1.90 bits per heavy atom. The average Bonchev–Trinajstić information content (AvgIpc) is 3.25. The van der Waals surface area contributed by atoms with Crippen LogP contribution < -0.4 is 5.32 Å². The van der Waals surface area contributed by atoms with Crippen molar-refractivity contribution < 1.29 is 4.79 Å². The molecule has 3 unspecified atom stereocenters. The molecule has 3 atom stereocenters. The Labute approximate surface area is 188 Å². The van der Waals surface area contributed by atoms with Crippen LogP contribution >= 0.6 is 23.2 Å². The van der Waals surface area contributed by atoms with E-state index in [-0.39, 0.29) is 17.9 Å². The zero-order valence-corrected chi connectivity index (χ0v) is 18.6. The van der Waals surface area contributed by atoms with Crippen LogP contribution in [0.2, 0.25) is 10.0 Å². The highest BCUT2D eigenvalue weighted by Gasteiger charge is 2.39. The molecular weight excluding hydrogens is 415 g/mol. The first-order chi connectivity index (χ1) is 14.5. The third-order valence-corrected chi connectivity index (χ3v) is 7.83. The zero-order valence-electron chi connectivity index (χ0n) is 17.1. The van der Waals surface area contributed by atoms with Crippen LogP contribution in [0.25, 0.3) is 0 Å². The molecule has 1 N–H and O–H groups in total. The van der Waals surface area contributed by atoms with Crippen molar-refractivity contribution in [1.82, 2.24) is 4.90 Å². The van der Waals surface area contributed by atoms with Gasteiger partial charge in [0.1, 0.15) is 0 Å². The molecule has 2 heterocycles. The number of hydrogen-bond donors (Lipinski definition) is 1. The van der Waals surface area contributed by atoms with E-state index in [4.69, 9.17) is 23.2 Å². The number of benzene rings is 2. The first-order valence-electron chi connectivity index (χ1n) is 10.8. The molecule has 0 bridgehead atoms. The van der Waals surface area contributed by atoms with Crippen molar-refractivity contribution in [2.75, 3.05) is 18.4 Å². The normalized spacial score (nSPS) is 25.6. The number of nitrogens with zero attached hydrogens (tertiary/aromatic N) is 1. The number of hydrogen-bond acceptors (Lipinski definition) is 2. The van der Waals surface area contributed by atoms with Gasteiger partial charge in [0, 0.05) is 30.3 Å². The summed E-state index contributed by atoms with van der Waals surface area (Å²) in [6.07, 6.45) is 7.69. The zero-order chi connectivity index (χ0) is 20.8. The van der Waals surface area contributed by atoms with Crippen molar-refractivity contribution in [3.05, 3.63) is 75.3 Å². The van der Waals surface area contributed by atoms with Gasteiger partial charge in [-0.05, 0) is 66.5 Å². The van der Waals surface area contributed by atoms with E-state index < -0.39 is 0 Å². The van der Waals surface area contributed by atoms with Gasteiger partial charge in [-0.1, -0.05) is 54.4 Å². The molecule has 1 saturated heterocycles. The number of rotatable bonds is 2. The van der Waals surface area contributed by atoms with Crippen LogP contribution in [0.15, 0.2) is 48.6 Å².